The molecule has 0 aromatic carbocycles. The Morgan fingerprint density at radius 3 is 2.41 bits per heavy atom. The van der Waals surface area contributed by atoms with Crippen LogP contribution >= 0.6 is 11.3 Å². The van der Waals surface area contributed by atoms with Crippen LogP contribution in [-0.4, -0.2) is 30.7 Å². The van der Waals surface area contributed by atoms with E-state index in [9.17, 15) is 0 Å². The van der Waals surface area contributed by atoms with Gasteiger partial charge in [-0.1, -0.05) is 20.1 Å². The van der Waals surface area contributed by atoms with E-state index in [-0.39, 0.29) is 6.10 Å². The molecular formula is C18H28N2OS. The number of anilines is 1. The molecule has 0 atom stereocenters. The molecule has 2 rings (SSSR count). The minimum Gasteiger partial charge on any atom is -0.377 e. The lowest BCUT2D eigenvalue weighted by Gasteiger charge is -2.40. The highest BCUT2D eigenvalue weighted by Crippen LogP contribution is 2.46. The Morgan fingerprint density at radius 2 is 1.86 bits per heavy atom. The number of thiophene rings is 1. The molecule has 0 spiro atoms. The average molecular weight is 321 g/mol. The summed E-state index contributed by atoms with van der Waals surface area (Å²) in [6.07, 6.45) is 1.32. The van der Waals surface area contributed by atoms with E-state index in [1.54, 1.807) is 0 Å². The van der Waals surface area contributed by atoms with Gasteiger partial charge in [-0.3, -0.25) is 0 Å². The van der Waals surface area contributed by atoms with Crippen molar-refractivity contribution >= 4 is 22.0 Å². The Hall–Kier alpha value is -1.26. The molecule has 3 nitrogen and oxygen atoms in total. The predicted molar refractivity (Wildman–Crippen MR) is 97.4 cm³/mol. The van der Waals surface area contributed by atoms with Gasteiger partial charge in [-0.2, -0.15) is 0 Å². The van der Waals surface area contributed by atoms with Crippen LogP contribution in [0.2, 0.25) is 0 Å². The lowest BCUT2D eigenvalue weighted by atomic mass is 10.0. The minimum absolute atomic E-state index is 0.256. The summed E-state index contributed by atoms with van der Waals surface area (Å²) in [7, 11) is 0. The van der Waals surface area contributed by atoms with Gasteiger partial charge in [-0.05, 0) is 39.7 Å². The van der Waals surface area contributed by atoms with Crippen molar-refractivity contribution < 1.29 is 4.74 Å². The third-order valence-electron chi connectivity index (χ3n) is 4.11. The van der Waals surface area contributed by atoms with Gasteiger partial charge in [0.05, 0.1) is 12.7 Å². The third-order valence-corrected chi connectivity index (χ3v) is 5.57. The Morgan fingerprint density at radius 1 is 1.18 bits per heavy atom. The Balaban J connectivity index is 2.38. The maximum atomic E-state index is 5.75. The summed E-state index contributed by atoms with van der Waals surface area (Å²) in [6.45, 7) is 21.8. The monoisotopic (exact) mass is 320 g/mol. The van der Waals surface area contributed by atoms with Crippen LogP contribution in [-0.2, 0) is 11.2 Å². The first kappa shape index (κ1) is 17.1. The van der Waals surface area contributed by atoms with Gasteiger partial charge in [0.1, 0.15) is 10.8 Å². The van der Waals surface area contributed by atoms with Crippen LogP contribution < -0.4 is 4.90 Å². The zero-order valence-corrected chi connectivity index (χ0v) is 15.3. The van der Waals surface area contributed by atoms with Crippen molar-refractivity contribution in [2.24, 2.45) is 0 Å². The highest BCUT2D eigenvalue weighted by atomic mass is 32.1. The number of rotatable bonds is 6. The molecule has 0 unspecified atom stereocenters. The SMILES string of the molecule is C=C1c2c(sc(CC)c2C)N(CCOC(C)C)C(=C)N1CC. The fourth-order valence-corrected chi connectivity index (χ4v) is 4.26. The maximum Gasteiger partial charge on any atom is 0.106 e. The molecule has 1 aliphatic rings. The summed E-state index contributed by atoms with van der Waals surface area (Å²) in [5.74, 6) is 1.01. The third kappa shape index (κ3) is 2.95. The predicted octanol–water partition coefficient (Wildman–Crippen LogP) is 4.63. The second-order valence-corrected chi connectivity index (χ2v) is 6.95. The van der Waals surface area contributed by atoms with Gasteiger partial charge in [0.2, 0.25) is 0 Å². The largest absolute Gasteiger partial charge is 0.377 e. The van der Waals surface area contributed by atoms with Crippen LogP contribution in [0.5, 0.6) is 0 Å². The Kier molecular flexibility index (Phi) is 5.35. The zero-order chi connectivity index (χ0) is 16.4. The summed E-state index contributed by atoms with van der Waals surface area (Å²) in [5, 5.41) is 1.28. The van der Waals surface area contributed by atoms with Crippen molar-refractivity contribution in [2.75, 3.05) is 24.6 Å². The molecule has 0 N–H and O–H groups in total. The number of hydrogen-bond donors (Lipinski definition) is 0. The smallest absolute Gasteiger partial charge is 0.106 e. The van der Waals surface area contributed by atoms with E-state index in [4.69, 9.17) is 4.74 Å². The van der Waals surface area contributed by atoms with Crippen molar-refractivity contribution in [1.82, 2.24) is 4.90 Å². The molecule has 0 saturated heterocycles. The van der Waals surface area contributed by atoms with E-state index in [0.29, 0.717) is 6.61 Å². The average Bonchev–Trinajstić information content (AvgIpc) is 2.79. The summed E-state index contributed by atoms with van der Waals surface area (Å²) >= 11 is 1.87. The maximum absolute atomic E-state index is 5.75. The van der Waals surface area contributed by atoms with E-state index in [0.717, 1.165) is 31.0 Å². The molecule has 0 radical (unpaired) electrons. The van der Waals surface area contributed by atoms with Gasteiger partial charge in [-0.25, -0.2) is 0 Å². The summed E-state index contributed by atoms with van der Waals surface area (Å²) in [4.78, 5) is 5.94. The first-order valence-electron chi connectivity index (χ1n) is 8.09. The molecule has 1 aromatic heterocycles. The van der Waals surface area contributed by atoms with Crippen molar-refractivity contribution in [3.63, 3.8) is 0 Å². The van der Waals surface area contributed by atoms with Crippen molar-refractivity contribution in [3.8, 4) is 0 Å². The molecule has 0 bridgehead atoms. The summed E-state index contributed by atoms with van der Waals surface area (Å²) in [5.41, 5.74) is 3.74. The normalized spacial score (nSPS) is 15.0. The number of fused-ring (bicyclic) bond motifs is 1. The topological polar surface area (TPSA) is 15.7 Å². The molecule has 122 valence electrons. The fraction of sp³-hybridized carbons (Fsp3) is 0.556. The standard InChI is InChI=1S/C18H28N2OS/c1-8-16-13(5)17-14(6)19(9-2)15(7)20(18(17)22-16)10-11-21-12(3)4/h12H,6-11H2,1-5H3. The van der Waals surface area contributed by atoms with Crippen LogP contribution in [0.15, 0.2) is 19.0 Å². The molecule has 1 aromatic rings. The summed E-state index contributed by atoms with van der Waals surface area (Å²) < 4.78 is 5.75. The van der Waals surface area contributed by atoms with Crippen LogP contribution in [0, 0.1) is 6.92 Å². The van der Waals surface area contributed by atoms with Gasteiger partial charge < -0.3 is 14.5 Å². The van der Waals surface area contributed by atoms with E-state index in [2.05, 4.69) is 57.6 Å². The quantitative estimate of drug-likeness (QED) is 0.760. The minimum atomic E-state index is 0.256. The van der Waals surface area contributed by atoms with Crippen LogP contribution in [0.4, 0.5) is 5.00 Å². The molecule has 22 heavy (non-hydrogen) atoms. The molecule has 2 heterocycles. The molecule has 0 fully saturated rings. The van der Waals surface area contributed by atoms with Crippen molar-refractivity contribution in [1.29, 1.82) is 0 Å². The van der Waals surface area contributed by atoms with Crippen LogP contribution in [0.1, 0.15) is 43.7 Å². The molecule has 0 amide bonds. The highest BCUT2D eigenvalue weighted by molar-refractivity contribution is 7.16. The van der Waals surface area contributed by atoms with Gasteiger partial charge in [-0.15, -0.1) is 11.3 Å². The van der Waals surface area contributed by atoms with E-state index in [1.807, 2.05) is 11.3 Å². The lowest BCUT2D eigenvalue weighted by molar-refractivity contribution is 0.0842. The van der Waals surface area contributed by atoms with Crippen molar-refractivity contribution in [2.45, 2.75) is 47.1 Å². The van der Waals surface area contributed by atoms with Crippen LogP contribution in [0.25, 0.3) is 5.70 Å². The molecular weight excluding hydrogens is 292 g/mol. The number of hydrogen-bond acceptors (Lipinski definition) is 4. The molecule has 1 aliphatic heterocycles. The molecule has 0 aliphatic carbocycles. The first-order valence-corrected chi connectivity index (χ1v) is 8.91. The summed E-state index contributed by atoms with van der Waals surface area (Å²) in [6, 6.07) is 0. The van der Waals surface area contributed by atoms with E-state index in [1.165, 1.54) is 21.0 Å². The second-order valence-electron chi connectivity index (χ2n) is 5.86. The van der Waals surface area contributed by atoms with E-state index >= 15 is 0 Å². The number of aryl methyl sites for hydroxylation is 1. The fourth-order valence-electron chi connectivity index (χ4n) is 2.95. The van der Waals surface area contributed by atoms with Gasteiger partial charge in [0.15, 0.2) is 0 Å². The van der Waals surface area contributed by atoms with E-state index < -0.39 is 0 Å². The number of nitrogens with zero attached hydrogens (tertiary/aromatic N) is 2. The Bertz CT molecular complexity index is 574. The Labute approximate surface area is 138 Å². The molecule has 4 heteroatoms. The van der Waals surface area contributed by atoms with Gasteiger partial charge in [0.25, 0.3) is 0 Å². The van der Waals surface area contributed by atoms with Gasteiger partial charge in [0, 0.05) is 29.2 Å². The first-order chi connectivity index (χ1) is 10.4. The molecule has 0 saturated carbocycles. The highest BCUT2D eigenvalue weighted by Gasteiger charge is 2.32. The van der Waals surface area contributed by atoms with Gasteiger partial charge >= 0.3 is 0 Å². The van der Waals surface area contributed by atoms with Crippen molar-refractivity contribution in [3.05, 3.63) is 35.0 Å². The zero-order valence-electron chi connectivity index (χ0n) is 14.5. The van der Waals surface area contributed by atoms with Crippen LogP contribution in [0.3, 0.4) is 0 Å². The number of ether oxygens (including phenoxy) is 1. The second kappa shape index (κ2) is 6.88. The lowest BCUT2D eigenvalue weighted by Crippen LogP contribution is -2.39.